The topological polar surface area (TPSA) is 80.7 Å². The number of anilines is 1. The Balaban J connectivity index is 1.66. The van der Waals surface area contributed by atoms with Crippen LogP contribution in [0.15, 0.2) is 36.5 Å². The van der Waals surface area contributed by atoms with E-state index in [0.29, 0.717) is 35.4 Å². The number of pyridine rings is 1. The van der Waals surface area contributed by atoms with Crippen LogP contribution >= 0.6 is 11.6 Å². The highest BCUT2D eigenvalue weighted by Gasteiger charge is 2.18. The fourth-order valence-corrected chi connectivity index (χ4v) is 2.55. The first kappa shape index (κ1) is 16.5. The van der Waals surface area contributed by atoms with Gasteiger partial charge in [-0.3, -0.25) is 4.79 Å². The lowest BCUT2D eigenvalue weighted by Gasteiger charge is -2.23. The highest BCUT2D eigenvalue weighted by molar-refractivity contribution is 6.32. The standard InChI is InChI=1S/C17H17ClN2O4/c18-15-9-11(16(22)20-12-1-3-13(21)4-2-12)10-19-17(15)24-14-5-7-23-8-6-14/h1-4,9-10,14,21H,5-8H2,(H,20,22). The van der Waals surface area contributed by atoms with Crippen molar-refractivity contribution in [3.63, 3.8) is 0 Å². The molecule has 1 amide bonds. The molecule has 0 aliphatic carbocycles. The third-order valence-electron chi connectivity index (χ3n) is 3.64. The molecular weight excluding hydrogens is 332 g/mol. The Morgan fingerprint density at radius 3 is 2.67 bits per heavy atom. The summed E-state index contributed by atoms with van der Waals surface area (Å²) in [7, 11) is 0. The second kappa shape index (κ2) is 7.51. The van der Waals surface area contributed by atoms with Crippen LogP contribution in [-0.2, 0) is 4.74 Å². The van der Waals surface area contributed by atoms with E-state index >= 15 is 0 Å². The number of rotatable bonds is 4. The predicted molar refractivity (Wildman–Crippen MR) is 89.8 cm³/mol. The molecule has 24 heavy (non-hydrogen) atoms. The molecular formula is C17H17ClN2O4. The summed E-state index contributed by atoms with van der Waals surface area (Å²) in [5.74, 6) is 0.116. The Kier molecular flexibility index (Phi) is 5.17. The van der Waals surface area contributed by atoms with Crippen LogP contribution in [-0.4, -0.2) is 35.3 Å². The third kappa shape index (κ3) is 4.15. The summed E-state index contributed by atoms with van der Waals surface area (Å²) in [5.41, 5.74) is 0.892. The van der Waals surface area contributed by atoms with E-state index in [1.54, 1.807) is 12.1 Å². The maximum Gasteiger partial charge on any atom is 0.257 e. The van der Waals surface area contributed by atoms with Crippen LogP contribution in [0.3, 0.4) is 0 Å². The molecule has 2 N–H and O–H groups in total. The van der Waals surface area contributed by atoms with Crippen molar-refractivity contribution in [3.8, 4) is 11.6 Å². The fraction of sp³-hybridized carbons (Fsp3) is 0.294. The van der Waals surface area contributed by atoms with Crippen LogP contribution in [0, 0.1) is 0 Å². The average molecular weight is 349 g/mol. The van der Waals surface area contributed by atoms with Gasteiger partial charge in [-0.05, 0) is 30.3 Å². The van der Waals surface area contributed by atoms with Crippen molar-refractivity contribution in [1.29, 1.82) is 0 Å². The molecule has 2 heterocycles. The minimum Gasteiger partial charge on any atom is -0.508 e. The molecule has 1 aromatic carbocycles. The Hall–Kier alpha value is -2.31. The number of amides is 1. The van der Waals surface area contributed by atoms with Gasteiger partial charge in [-0.15, -0.1) is 0 Å². The van der Waals surface area contributed by atoms with Crippen LogP contribution in [0.25, 0.3) is 0 Å². The van der Waals surface area contributed by atoms with Gasteiger partial charge in [0.15, 0.2) is 0 Å². The SMILES string of the molecule is O=C(Nc1ccc(O)cc1)c1cnc(OC2CCOCC2)c(Cl)c1. The van der Waals surface area contributed by atoms with Crippen LogP contribution in [0.4, 0.5) is 5.69 Å². The smallest absolute Gasteiger partial charge is 0.257 e. The Bertz CT molecular complexity index is 715. The van der Waals surface area contributed by atoms with E-state index in [0.717, 1.165) is 12.8 Å². The van der Waals surface area contributed by atoms with Crippen LogP contribution < -0.4 is 10.1 Å². The molecule has 1 aromatic heterocycles. The molecule has 0 saturated carbocycles. The number of nitrogens with zero attached hydrogens (tertiary/aromatic N) is 1. The lowest BCUT2D eigenvalue weighted by Crippen LogP contribution is -2.26. The van der Waals surface area contributed by atoms with Crippen molar-refractivity contribution in [1.82, 2.24) is 4.98 Å². The highest BCUT2D eigenvalue weighted by atomic mass is 35.5. The lowest BCUT2D eigenvalue weighted by atomic mass is 10.1. The van der Waals surface area contributed by atoms with Crippen LogP contribution in [0.5, 0.6) is 11.6 Å². The lowest BCUT2D eigenvalue weighted by molar-refractivity contribution is 0.0238. The number of nitrogens with one attached hydrogen (secondary N) is 1. The van der Waals surface area contributed by atoms with E-state index in [-0.39, 0.29) is 17.8 Å². The summed E-state index contributed by atoms with van der Waals surface area (Å²) in [6.45, 7) is 1.32. The number of halogens is 1. The molecule has 0 spiro atoms. The van der Waals surface area contributed by atoms with E-state index < -0.39 is 0 Å². The van der Waals surface area contributed by atoms with Crippen molar-refractivity contribution < 1.29 is 19.4 Å². The molecule has 3 rings (SSSR count). The molecule has 6 nitrogen and oxygen atoms in total. The first-order valence-corrected chi connectivity index (χ1v) is 8.00. The summed E-state index contributed by atoms with van der Waals surface area (Å²) in [5, 5.41) is 12.2. The van der Waals surface area contributed by atoms with E-state index in [9.17, 15) is 9.90 Å². The minimum atomic E-state index is -0.340. The van der Waals surface area contributed by atoms with Gasteiger partial charge >= 0.3 is 0 Å². The zero-order valence-corrected chi connectivity index (χ0v) is 13.6. The van der Waals surface area contributed by atoms with Crippen molar-refractivity contribution in [2.24, 2.45) is 0 Å². The van der Waals surface area contributed by atoms with Gasteiger partial charge in [0.05, 0.1) is 18.8 Å². The number of carbonyl (C=O) groups is 1. The summed E-state index contributed by atoms with van der Waals surface area (Å²) < 4.78 is 11.0. The molecule has 1 aliphatic heterocycles. The maximum atomic E-state index is 12.2. The molecule has 126 valence electrons. The number of hydrogen-bond acceptors (Lipinski definition) is 5. The van der Waals surface area contributed by atoms with Gasteiger partial charge in [0.25, 0.3) is 5.91 Å². The number of phenols is 1. The average Bonchev–Trinajstić information content (AvgIpc) is 2.59. The van der Waals surface area contributed by atoms with E-state index in [1.165, 1.54) is 24.4 Å². The first-order chi connectivity index (χ1) is 11.6. The molecule has 0 unspecified atom stereocenters. The van der Waals surface area contributed by atoms with Crippen LogP contribution in [0.2, 0.25) is 5.02 Å². The van der Waals surface area contributed by atoms with Gasteiger partial charge in [0.1, 0.15) is 16.9 Å². The molecule has 1 fully saturated rings. The van der Waals surface area contributed by atoms with E-state index in [2.05, 4.69) is 10.3 Å². The maximum absolute atomic E-state index is 12.2. The van der Waals surface area contributed by atoms with Gasteiger partial charge < -0.3 is 19.9 Å². The molecule has 1 saturated heterocycles. The van der Waals surface area contributed by atoms with Crippen molar-refractivity contribution in [3.05, 3.63) is 47.1 Å². The zero-order chi connectivity index (χ0) is 16.9. The number of carbonyl (C=O) groups excluding carboxylic acids is 1. The van der Waals surface area contributed by atoms with Crippen molar-refractivity contribution in [2.45, 2.75) is 18.9 Å². The molecule has 1 aliphatic rings. The van der Waals surface area contributed by atoms with Crippen LogP contribution in [0.1, 0.15) is 23.2 Å². The number of aromatic hydroxyl groups is 1. The molecule has 2 aromatic rings. The molecule has 0 radical (unpaired) electrons. The second-order valence-electron chi connectivity index (χ2n) is 5.44. The molecule has 7 heteroatoms. The highest BCUT2D eigenvalue weighted by Crippen LogP contribution is 2.26. The Morgan fingerprint density at radius 1 is 1.29 bits per heavy atom. The molecule has 0 bridgehead atoms. The summed E-state index contributed by atoms with van der Waals surface area (Å²) in [6, 6.07) is 7.71. The first-order valence-electron chi connectivity index (χ1n) is 7.62. The minimum absolute atomic E-state index is 0.0282. The van der Waals surface area contributed by atoms with E-state index in [4.69, 9.17) is 21.1 Å². The van der Waals surface area contributed by atoms with Gasteiger partial charge in [-0.2, -0.15) is 0 Å². The van der Waals surface area contributed by atoms with Gasteiger partial charge in [0.2, 0.25) is 5.88 Å². The van der Waals surface area contributed by atoms with Gasteiger partial charge in [-0.1, -0.05) is 11.6 Å². The third-order valence-corrected chi connectivity index (χ3v) is 3.91. The fourth-order valence-electron chi connectivity index (χ4n) is 2.34. The summed E-state index contributed by atoms with van der Waals surface area (Å²) >= 11 is 6.18. The summed E-state index contributed by atoms with van der Waals surface area (Å²) in [4.78, 5) is 16.4. The van der Waals surface area contributed by atoms with Gasteiger partial charge in [-0.25, -0.2) is 4.98 Å². The van der Waals surface area contributed by atoms with Crippen molar-refractivity contribution >= 4 is 23.2 Å². The normalized spacial score (nSPS) is 15.0. The number of aromatic nitrogens is 1. The number of benzene rings is 1. The summed E-state index contributed by atoms with van der Waals surface area (Å²) in [6.07, 6.45) is 3.04. The monoisotopic (exact) mass is 348 g/mol. The van der Waals surface area contributed by atoms with Crippen molar-refractivity contribution in [2.75, 3.05) is 18.5 Å². The Labute approximate surface area is 144 Å². The second-order valence-corrected chi connectivity index (χ2v) is 5.85. The number of hydrogen-bond donors (Lipinski definition) is 2. The molecule has 0 atom stereocenters. The number of ether oxygens (including phenoxy) is 2. The van der Waals surface area contributed by atoms with Gasteiger partial charge in [0, 0.05) is 24.7 Å². The number of phenolic OH excluding ortho intramolecular Hbond substituents is 1. The quantitative estimate of drug-likeness (QED) is 0.829. The Morgan fingerprint density at radius 2 is 2.00 bits per heavy atom. The largest absolute Gasteiger partial charge is 0.508 e. The predicted octanol–water partition coefficient (Wildman–Crippen LogP) is 3.25. The zero-order valence-electron chi connectivity index (χ0n) is 12.9. The van der Waals surface area contributed by atoms with E-state index in [1.807, 2.05) is 0 Å².